The molecule has 0 unspecified atom stereocenters. The Labute approximate surface area is 153 Å². The number of urea groups is 1. The van der Waals surface area contributed by atoms with E-state index in [1.54, 1.807) is 42.2 Å². The molecule has 0 radical (unpaired) electrons. The molecule has 26 heavy (non-hydrogen) atoms. The smallest absolute Gasteiger partial charge is 0.321 e. The van der Waals surface area contributed by atoms with E-state index in [0.29, 0.717) is 18.7 Å². The number of carbonyl (C=O) groups excluding carboxylic acids is 2. The molecule has 3 rings (SSSR count). The van der Waals surface area contributed by atoms with Crippen LogP contribution < -0.4 is 15.0 Å². The Morgan fingerprint density at radius 1 is 1.23 bits per heavy atom. The van der Waals surface area contributed by atoms with Crippen molar-refractivity contribution in [3.05, 3.63) is 59.7 Å². The van der Waals surface area contributed by atoms with Gasteiger partial charge in [0.05, 0.1) is 13.2 Å². The number of methoxy groups -OCH3 is 1. The van der Waals surface area contributed by atoms with Gasteiger partial charge < -0.3 is 15.0 Å². The van der Waals surface area contributed by atoms with Gasteiger partial charge in [-0.3, -0.25) is 9.69 Å². The number of rotatable bonds is 5. The molecule has 1 N–H and O–H groups in total. The van der Waals surface area contributed by atoms with Crippen molar-refractivity contribution in [1.82, 2.24) is 10.2 Å². The van der Waals surface area contributed by atoms with Gasteiger partial charge >= 0.3 is 6.03 Å². The fourth-order valence-corrected chi connectivity index (χ4v) is 3.12. The van der Waals surface area contributed by atoms with Crippen LogP contribution in [-0.4, -0.2) is 44.1 Å². The maximum Gasteiger partial charge on any atom is 0.321 e. The van der Waals surface area contributed by atoms with Gasteiger partial charge in [0.1, 0.15) is 5.75 Å². The molecule has 1 heterocycles. The second-order valence-corrected chi connectivity index (χ2v) is 6.27. The molecule has 6 heteroatoms. The van der Waals surface area contributed by atoms with Crippen molar-refractivity contribution in [3.63, 3.8) is 0 Å². The van der Waals surface area contributed by atoms with Gasteiger partial charge in [-0.1, -0.05) is 24.3 Å². The van der Waals surface area contributed by atoms with Gasteiger partial charge in [-0.25, -0.2) is 4.79 Å². The van der Waals surface area contributed by atoms with Gasteiger partial charge in [0, 0.05) is 37.0 Å². The predicted octanol–water partition coefficient (Wildman–Crippen LogP) is 3.06. The molecule has 0 aromatic heterocycles. The topological polar surface area (TPSA) is 61.9 Å². The van der Waals surface area contributed by atoms with Crippen molar-refractivity contribution in [2.75, 3.05) is 32.1 Å². The van der Waals surface area contributed by atoms with Gasteiger partial charge in [-0.05, 0) is 31.2 Å². The second-order valence-electron chi connectivity index (χ2n) is 6.27. The molecule has 136 valence electrons. The van der Waals surface area contributed by atoms with E-state index < -0.39 is 0 Å². The average molecular weight is 353 g/mol. The summed E-state index contributed by atoms with van der Waals surface area (Å²) in [6.45, 7) is 3.18. The van der Waals surface area contributed by atoms with Gasteiger partial charge in [0.15, 0.2) is 0 Å². The van der Waals surface area contributed by atoms with Crippen LogP contribution in [-0.2, 0) is 0 Å². The van der Waals surface area contributed by atoms with Gasteiger partial charge in [0.25, 0.3) is 5.91 Å². The minimum absolute atomic E-state index is 0.107. The third kappa shape index (κ3) is 3.35. The first-order chi connectivity index (χ1) is 12.5. The Bertz CT molecular complexity index is 821. The highest BCUT2D eigenvalue weighted by molar-refractivity contribution is 5.98. The number of hydrogen-bond donors (Lipinski definition) is 1. The van der Waals surface area contributed by atoms with Crippen molar-refractivity contribution < 1.29 is 14.3 Å². The number of amides is 3. The number of carbonyl (C=O) groups is 2. The molecule has 1 aliphatic heterocycles. The van der Waals surface area contributed by atoms with E-state index >= 15 is 0 Å². The standard InChI is InChI=1S/C20H23N3O3/c1-14(17-9-4-5-10-18(17)26-3)22(2)19(24)15-7-6-8-16(13-15)23-12-11-21-20(23)25/h4-10,13-14H,11-12H2,1-3H3,(H,21,25)/t14-/m0/s1. The maximum absolute atomic E-state index is 13.0. The summed E-state index contributed by atoms with van der Waals surface area (Å²) in [6, 6.07) is 14.6. The number of ether oxygens (including phenoxy) is 1. The molecular weight excluding hydrogens is 330 g/mol. The molecule has 0 aliphatic carbocycles. The summed E-state index contributed by atoms with van der Waals surface area (Å²) in [5.74, 6) is 0.645. The third-order valence-corrected chi connectivity index (χ3v) is 4.75. The highest BCUT2D eigenvalue weighted by atomic mass is 16.5. The van der Waals surface area contributed by atoms with Crippen LogP contribution in [0.15, 0.2) is 48.5 Å². The molecule has 0 spiro atoms. The van der Waals surface area contributed by atoms with Crippen LogP contribution in [0.5, 0.6) is 5.75 Å². The molecule has 3 amide bonds. The summed E-state index contributed by atoms with van der Waals surface area (Å²) in [4.78, 5) is 28.2. The maximum atomic E-state index is 13.0. The molecular formula is C20H23N3O3. The molecule has 2 aromatic carbocycles. The first-order valence-corrected chi connectivity index (χ1v) is 8.58. The number of para-hydroxylation sites is 1. The number of anilines is 1. The van der Waals surface area contributed by atoms with Crippen LogP contribution in [0, 0.1) is 0 Å². The van der Waals surface area contributed by atoms with Crippen molar-refractivity contribution in [3.8, 4) is 5.75 Å². The fraction of sp³-hybridized carbons (Fsp3) is 0.300. The minimum Gasteiger partial charge on any atom is -0.496 e. The van der Waals surface area contributed by atoms with Crippen LogP contribution in [0.1, 0.15) is 28.9 Å². The van der Waals surface area contributed by atoms with E-state index in [4.69, 9.17) is 4.74 Å². The summed E-state index contributed by atoms with van der Waals surface area (Å²) < 4.78 is 5.41. The largest absolute Gasteiger partial charge is 0.496 e. The first-order valence-electron chi connectivity index (χ1n) is 8.58. The molecule has 0 saturated carbocycles. The average Bonchev–Trinajstić information content (AvgIpc) is 3.12. The molecule has 1 aliphatic rings. The zero-order chi connectivity index (χ0) is 18.7. The van der Waals surface area contributed by atoms with Crippen LogP contribution in [0.2, 0.25) is 0 Å². The van der Waals surface area contributed by atoms with Crippen molar-refractivity contribution >= 4 is 17.6 Å². The lowest BCUT2D eigenvalue weighted by Crippen LogP contribution is -2.31. The monoisotopic (exact) mass is 353 g/mol. The normalized spacial score (nSPS) is 14.7. The van der Waals surface area contributed by atoms with E-state index in [-0.39, 0.29) is 18.0 Å². The van der Waals surface area contributed by atoms with Crippen molar-refractivity contribution in [2.24, 2.45) is 0 Å². The Balaban J connectivity index is 1.83. The lowest BCUT2D eigenvalue weighted by Gasteiger charge is -2.27. The third-order valence-electron chi connectivity index (χ3n) is 4.75. The van der Waals surface area contributed by atoms with E-state index in [2.05, 4.69) is 5.32 Å². The molecule has 1 atom stereocenters. The summed E-state index contributed by atoms with van der Waals surface area (Å²) in [5, 5.41) is 2.77. The van der Waals surface area contributed by atoms with Crippen molar-refractivity contribution in [1.29, 1.82) is 0 Å². The summed E-state index contributed by atoms with van der Waals surface area (Å²) >= 11 is 0. The van der Waals surface area contributed by atoms with E-state index in [1.807, 2.05) is 37.3 Å². The van der Waals surface area contributed by atoms with E-state index in [9.17, 15) is 9.59 Å². The van der Waals surface area contributed by atoms with Gasteiger partial charge in [-0.15, -0.1) is 0 Å². The molecule has 1 saturated heterocycles. The lowest BCUT2D eigenvalue weighted by molar-refractivity contribution is 0.0741. The number of nitrogens with one attached hydrogen (secondary N) is 1. The Kier molecular flexibility index (Phi) is 5.11. The number of nitrogens with zero attached hydrogens (tertiary/aromatic N) is 2. The Morgan fingerprint density at radius 3 is 2.69 bits per heavy atom. The van der Waals surface area contributed by atoms with Crippen LogP contribution in [0.25, 0.3) is 0 Å². The Hall–Kier alpha value is -3.02. The Morgan fingerprint density at radius 2 is 2.00 bits per heavy atom. The minimum atomic E-state index is -0.155. The van der Waals surface area contributed by atoms with Gasteiger partial charge in [0.2, 0.25) is 0 Å². The molecule has 1 fully saturated rings. The molecule has 6 nitrogen and oxygen atoms in total. The second kappa shape index (κ2) is 7.47. The lowest BCUT2D eigenvalue weighted by atomic mass is 10.0. The van der Waals surface area contributed by atoms with Crippen LogP contribution in [0.4, 0.5) is 10.5 Å². The van der Waals surface area contributed by atoms with Crippen LogP contribution in [0.3, 0.4) is 0 Å². The van der Waals surface area contributed by atoms with E-state index in [0.717, 1.165) is 17.0 Å². The predicted molar refractivity (Wildman–Crippen MR) is 101 cm³/mol. The molecule has 2 aromatic rings. The zero-order valence-electron chi connectivity index (χ0n) is 15.2. The number of hydrogen-bond acceptors (Lipinski definition) is 3. The summed E-state index contributed by atoms with van der Waals surface area (Å²) in [6.07, 6.45) is 0. The van der Waals surface area contributed by atoms with Gasteiger partial charge in [-0.2, -0.15) is 0 Å². The quantitative estimate of drug-likeness (QED) is 0.899. The highest BCUT2D eigenvalue weighted by Gasteiger charge is 2.24. The zero-order valence-corrected chi connectivity index (χ0v) is 15.2. The highest BCUT2D eigenvalue weighted by Crippen LogP contribution is 2.29. The SMILES string of the molecule is COc1ccccc1[C@H](C)N(C)C(=O)c1cccc(N2CCNC2=O)c1. The van der Waals surface area contributed by atoms with E-state index in [1.165, 1.54) is 0 Å². The number of benzene rings is 2. The first kappa shape index (κ1) is 17.8. The molecule has 0 bridgehead atoms. The summed E-state index contributed by atoms with van der Waals surface area (Å²) in [7, 11) is 3.40. The van der Waals surface area contributed by atoms with Crippen LogP contribution >= 0.6 is 0 Å². The summed E-state index contributed by atoms with van der Waals surface area (Å²) in [5.41, 5.74) is 2.22. The fourth-order valence-electron chi connectivity index (χ4n) is 3.12. The van der Waals surface area contributed by atoms with Crippen molar-refractivity contribution in [2.45, 2.75) is 13.0 Å².